The van der Waals surface area contributed by atoms with Crippen molar-refractivity contribution in [2.45, 2.75) is 39.0 Å². The molecular weight excluding hydrogens is 368 g/mol. The maximum atomic E-state index is 12.9. The lowest BCUT2D eigenvalue weighted by atomic mass is 10.1. The normalized spacial score (nSPS) is 11.9. The number of benzene rings is 2. The van der Waals surface area contributed by atoms with Gasteiger partial charge in [-0.25, -0.2) is 8.42 Å². The van der Waals surface area contributed by atoms with Gasteiger partial charge >= 0.3 is 0 Å². The van der Waals surface area contributed by atoms with E-state index in [9.17, 15) is 18.5 Å². The molecule has 0 aliphatic rings. The number of rotatable bonds is 7. The van der Waals surface area contributed by atoms with Gasteiger partial charge in [0.25, 0.3) is 15.7 Å². The highest BCUT2D eigenvalue weighted by molar-refractivity contribution is 7.92. The Kier molecular flexibility index (Phi) is 6.17. The van der Waals surface area contributed by atoms with Gasteiger partial charge in [0.1, 0.15) is 4.90 Å². The first-order valence-corrected chi connectivity index (χ1v) is 9.80. The summed E-state index contributed by atoms with van der Waals surface area (Å²) in [5.74, 6) is 0. The highest BCUT2D eigenvalue weighted by atomic mass is 32.2. The van der Waals surface area contributed by atoms with Crippen LogP contribution in [0.25, 0.3) is 0 Å². The fraction of sp³-hybridized carbons (Fsp3) is 0.278. The molecule has 9 heteroatoms. The van der Waals surface area contributed by atoms with E-state index in [1.807, 2.05) is 19.9 Å². The second-order valence-electron chi connectivity index (χ2n) is 6.17. The van der Waals surface area contributed by atoms with Crippen molar-refractivity contribution in [2.24, 2.45) is 5.10 Å². The summed E-state index contributed by atoms with van der Waals surface area (Å²) in [6.07, 6.45) is 0.683. The minimum Gasteiger partial charge on any atom is -0.279 e. The first-order chi connectivity index (χ1) is 12.6. The number of nitro benzene ring substituents is 1. The molecular formula is C18H22N4O4S. The standard InChI is InChI=1S/C18H22N4O4S/c1-5-14(4)19-20-17-9-7-15(22(23)24)11-18(17)27(25,26)21-16-8-6-12(2)10-13(16)3/h6-11,20-21H,5H2,1-4H3. The van der Waals surface area contributed by atoms with Crippen molar-refractivity contribution < 1.29 is 13.3 Å². The van der Waals surface area contributed by atoms with E-state index in [2.05, 4.69) is 15.2 Å². The van der Waals surface area contributed by atoms with E-state index in [0.29, 0.717) is 12.1 Å². The molecule has 27 heavy (non-hydrogen) atoms. The van der Waals surface area contributed by atoms with Gasteiger partial charge in [-0.15, -0.1) is 0 Å². The van der Waals surface area contributed by atoms with Gasteiger partial charge < -0.3 is 0 Å². The summed E-state index contributed by atoms with van der Waals surface area (Å²) < 4.78 is 28.4. The number of non-ortho nitro benzene ring substituents is 1. The van der Waals surface area contributed by atoms with Gasteiger partial charge in [-0.3, -0.25) is 20.3 Å². The topological polar surface area (TPSA) is 114 Å². The predicted octanol–water partition coefficient (Wildman–Crippen LogP) is 4.21. The van der Waals surface area contributed by atoms with Crippen LogP contribution in [0.1, 0.15) is 31.4 Å². The lowest BCUT2D eigenvalue weighted by Crippen LogP contribution is -2.16. The molecule has 0 aliphatic heterocycles. The van der Waals surface area contributed by atoms with Crippen molar-refractivity contribution in [3.05, 3.63) is 57.6 Å². The number of hydrazone groups is 1. The SMILES string of the molecule is CCC(C)=NNc1ccc([N+](=O)[O-])cc1S(=O)(=O)Nc1ccc(C)cc1C. The Morgan fingerprint density at radius 1 is 1.15 bits per heavy atom. The van der Waals surface area contributed by atoms with Crippen LogP contribution in [-0.4, -0.2) is 19.1 Å². The third kappa shape index (κ3) is 5.04. The maximum absolute atomic E-state index is 12.9. The summed E-state index contributed by atoms with van der Waals surface area (Å²) in [7, 11) is -4.08. The zero-order valence-corrected chi connectivity index (χ0v) is 16.4. The molecule has 0 atom stereocenters. The molecule has 8 nitrogen and oxygen atoms in total. The molecule has 0 spiro atoms. The highest BCUT2D eigenvalue weighted by Crippen LogP contribution is 2.29. The predicted molar refractivity (Wildman–Crippen MR) is 107 cm³/mol. The molecule has 0 saturated carbocycles. The molecule has 2 aromatic rings. The third-order valence-corrected chi connectivity index (χ3v) is 5.38. The summed E-state index contributed by atoms with van der Waals surface area (Å²) >= 11 is 0. The maximum Gasteiger partial charge on any atom is 0.270 e. The van der Waals surface area contributed by atoms with Crippen molar-refractivity contribution in [3.63, 3.8) is 0 Å². The fourth-order valence-electron chi connectivity index (χ4n) is 2.30. The van der Waals surface area contributed by atoms with Crippen LogP contribution in [0.5, 0.6) is 0 Å². The number of sulfonamides is 1. The number of hydrogen-bond acceptors (Lipinski definition) is 6. The van der Waals surface area contributed by atoms with Gasteiger partial charge in [-0.1, -0.05) is 24.6 Å². The minimum atomic E-state index is -4.08. The van der Waals surface area contributed by atoms with Crippen molar-refractivity contribution in [1.82, 2.24) is 0 Å². The molecule has 0 heterocycles. The molecule has 144 valence electrons. The van der Waals surface area contributed by atoms with Crippen molar-refractivity contribution >= 4 is 32.8 Å². The molecule has 0 amide bonds. The zero-order chi connectivity index (χ0) is 20.2. The van der Waals surface area contributed by atoms with E-state index in [1.165, 1.54) is 12.1 Å². The molecule has 0 saturated heterocycles. The summed E-state index contributed by atoms with van der Waals surface area (Å²) in [6, 6.07) is 8.87. The average molecular weight is 390 g/mol. The second kappa shape index (κ2) is 8.17. The first kappa shape index (κ1) is 20.4. The number of anilines is 2. The number of aryl methyl sites for hydroxylation is 2. The van der Waals surface area contributed by atoms with E-state index in [0.717, 1.165) is 22.9 Å². The molecule has 2 rings (SSSR count). The number of nitro groups is 1. The van der Waals surface area contributed by atoms with Crippen molar-refractivity contribution in [2.75, 3.05) is 10.1 Å². The molecule has 0 aliphatic carbocycles. The Morgan fingerprint density at radius 2 is 1.81 bits per heavy atom. The Morgan fingerprint density at radius 3 is 2.41 bits per heavy atom. The molecule has 0 bridgehead atoms. The first-order valence-electron chi connectivity index (χ1n) is 8.31. The zero-order valence-electron chi connectivity index (χ0n) is 15.6. The Bertz CT molecular complexity index is 1000. The van der Waals surface area contributed by atoms with Gasteiger partial charge in [0.2, 0.25) is 0 Å². The monoisotopic (exact) mass is 390 g/mol. The number of nitrogens with zero attached hydrogens (tertiary/aromatic N) is 2. The number of nitrogens with one attached hydrogen (secondary N) is 2. The summed E-state index contributed by atoms with van der Waals surface area (Å²) in [5.41, 5.74) is 5.45. The Balaban J connectivity index is 2.51. The molecule has 2 aromatic carbocycles. The van der Waals surface area contributed by atoms with Crippen LogP contribution in [-0.2, 0) is 10.0 Å². The highest BCUT2D eigenvalue weighted by Gasteiger charge is 2.23. The second-order valence-corrected chi connectivity index (χ2v) is 7.82. The van der Waals surface area contributed by atoms with Crippen molar-refractivity contribution in [1.29, 1.82) is 0 Å². The van der Waals surface area contributed by atoms with Crippen LogP contribution >= 0.6 is 0 Å². The summed E-state index contributed by atoms with van der Waals surface area (Å²) in [5, 5.41) is 15.2. The smallest absolute Gasteiger partial charge is 0.270 e. The summed E-state index contributed by atoms with van der Waals surface area (Å²) in [4.78, 5) is 10.2. The largest absolute Gasteiger partial charge is 0.279 e. The third-order valence-electron chi connectivity index (χ3n) is 3.97. The van der Waals surface area contributed by atoms with E-state index < -0.39 is 14.9 Å². The van der Waals surface area contributed by atoms with Gasteiger partial charge in [-0.2, -0.15) is 5.10 Å². The fourth-order valence-corrected chi connectivity index (χ4v) is 3.61. The van der Waals surface area contributed by atoms with Gasteiger partial charge in [0.05, 0.1) is 16.3 Å². The summed E-state index contributed by atoms with van der Waals surface area (Å²) in [6.45, 7) is 7.39. The van der Waals surface area contributed by atoms with Crippen LogP contribution in [0, 0.1) is 24.0 Å². The molecule has 0 aromatic heterocycles. The van der Waals surface area contributed by atoms with Crippen molar-refractivity contribution in [3.8, 4) is 0 Å². The lowest BCUT2D eigenvalue weighted by Gasteiger charge is -2.14. The minimum absolute atomic E-state index is 0.158. The average Bonchev–Trinajstić information content (AvgIpc) is 2.61. The molecule has 2 N–H and O–H groups in total. The van der Waals surface area contributed by atoms with Gasteiger partial charge in [0, 0.05) is 17.8 Å². The number of hydrogen-bond donors (Lipinski definition) is 2. The van der Waals surface area contributed by atoms with E-state index in [4.69, 9.17) is 0 Å². The Labute approximate surface area is 158 Å². The van der Waals surface area contributed by atoms with Crippen LogP contribution in [0.2, 0.25) is 0 Å². The van der Waals surface area contributed by atoms with Gasteiger partial charge in [-0.05, 0) is 44.9 Å². The van der Waals surface area contributed by atoms with E-state index in [1.54, 1.807) is 26.0 Å². The Hall–Kier alpha value is -2.94. The quantitative estimate of drug-likeness (QED) is 0.417. The van der Waals surface area contributed by atoms with Crippen LogP contribution in [0.15, 0.2) is 46.4 Å². The van der Waals surface area contributed by atoms with Crippen LogP contribution in [0.4, 0.5) is 17.1 Å². The molecule has 0 fully saturated rings. The van der Waals surface area contributed by atoms with Crippen LogP contribution < -0.4 is 10.1 Å². The van der Waals surface area contributed by atoms with Gasteiger partial charge in [0.15, 0.2) is 0 Å². The van der Waals surface area contributed by atoms with Crippen LogP contribution in [0.3, 0.4) is 0 Å². The lowest BCUT2D eigenvalue weighted by molar-refractivity contribution is -0.385. The van der Waals surface area contributed by atoms with E-state index in [-0.39, 0.29) is 16.3 Å². The van der Waals surface area contributed by atoms with E-state index >= 15 is 0 Å². The molecule has 0 radical (unpaired) electrons. The molecule has 0 unspecified atom stereocenters.